The summed E-state index contributed by atoms with van der Waals surface area (Å²) in [6, 6.07) is 5.37. The Balaban J connectivity index is 3.06. The Hall–Kier alpha value is -2.94. The zero-order valence-corrected chi connectivity index (χ0v) is 19.4. The summed E-state index contributed by atoms with van der Waals surface area (Å²) in [4.78, 5) is 49.6. The summed E-state index contributed by atoms with van der Waals surface area (Å²) >= 11 is 0. The zero-order chi connectivity index (χ0) is 24.4. The van der Waals surface area contributed by atoms with E-state index in [1.165, 1.54) is 6.92 Å². The van der Waals surface area contributed by atoms with E-state index in [1.54, 1.807) is 13.8 Å². The van der Waals surface area contributed by atoms with Gasteiger partial charge >= 0.3 is 5.97 Å². The second kappa shape index (κ2) is 12.8. The van der Waals surface area contributed by atoms with Gasteiger partial charge in [0.25, 0.3) is 0 Å². The van der Waals surface area contributed by atoms with Crippen LogP contribution in [0.4, 0.5) is 0 Å². The minimum Gasteiger partial charge on any atom is -0.480 e. The Morgan fingerprint density at radius 2 is 1.38 bits per heavy atom. The van der Waals surface area contributed by atoms with E-state index in [-0.39, 0.29) is 18.3 Å². The second-order valence-electron chi connectivity index (χ2n) is 8.80. The Kier molecular flexibility index (Phi) is 10.8. The van der Waals surface area contributed by atoms with Crippen LogP contribution < -0.4 is 21.7 Å². The Morgan fingerprint density at radius 3 is 1.84 bits per heavy atom. The first-order chi connectivity index (χ1) is 14.9. The van der Waals surface area contributed by atoms with E-state index in [2.05, 4.69) is 16.0 Å². The largest absolute Gasteiger partial charge is 0.480 e. The number of amides is 3. The molecule has 0 aliphatic carbocycles. The van der Waals surface area contributed by atoms with Crippen LogP contribution in [0.2, 0.25) is 0 Å². The maximum Gasteiger partial charge on any atom is 0.326 e. The van der Waals surface area contributed by atoms with Crippen molar-refractivity contribution in [2.45, 2.75) is 71.6 Å². The maximum absolute atomic E-state index is 13.1. The minimum absolute atomic E-state index is 0.0552. The summed E-state index contributed by atoms with van der Waals surface area (Å²) in [6.07, 6.45) is 0.520. The zero-order valence-electron chi connectivity index (χ0n) is 19.4. The van der Waals surface area contributed by atoms with Crippen molar-refractivity contribution in [3.8, 4) is 0 Å². The van der Waals surface area contributed by atoms with Gasteiger partial charge in [-0.1, -0.05) is 58.0 Å². The molecule has 1 aromatic carbocycles. The van der Waals surface area contributed by atoms with Gasteiger partial charge in [-0.25, -0.2) is 4.79 Å². The predicted molar refractivity (Wildman–Crippen MR) is 122 cm³/mol. The number of carbonyl (C=O) groups excluding carboxylic acids is 3. The van der Waals surface area contributed by atoms with Crippen molar-refractivity contribution in [1.82, 2.24) is 16.0 Å². The molecule has 0 aliphatic rings. The van der Waals surface area contributed by atoms with E-state index >= 15 is 0 Å². The Bertz CT molecular complexity index is 780. The molecule has 4 unspecified atom stereocenters. The molecule has 0 radical (unpaired) electrons. The second-order valence-corrected chi connectivity index (χ2v) is 8.80. The van der Waals surface area contributed by atoms with E-state index in [9.17, 15) is 24.3 Å². The van der Waals surface area contributed by atoms with Crippen LogP contribution in [0.3, 0.4) is 0 Å². The fraction of sp³-hybridized carbons (Fsp3) is 0.565. The minimum atomic E-state index is -1.14. The van der Waals surface area contributed by atoms with Crippen LogP contribution in [0.25, 0.3) is 0 Å². The Morgan fingerprint density at radius 1 is 0.844 bits per heavy atom. The van der Waals surface area contributed by atoms with Gasteiger partial charge in [-0.2, -0.15) is 0 Å². The van der Waals surface area contributed by atoms with Crippen LogP contribution in [0.1, 0.15) is 46.6 Å². The van der Waals surface area contributed by atoms with E-state index < -0.39 is 47.9 Å². The molecule has 6 N–H and O–H groups in total. The molecule has 3 amide bonds. The van der Waals surface area contributed by atoms with Crippen LogP contribution in [-0.2, 0) is 25.6 Å². The molecule has 0 aliphatic heterocycles. The molecule has 0 bridgehead atoms. The van der Waals surface area contributed by atoms with Crippen LogP contribution in [0, 0.1) is 11.8 Å². The smallest absolute Gasteiger partial charge is 0.326 e. The summed E-state index contributed by atoms with van der Waals surface area (Å²) in [6.45, 7) is 8.68. The van der Waals surface area contributed by atoms with Crippen molar-refractivity contribution in [3.63, 3.8) is 0 Å². The lowest BCUT2D eigenvalue weighted by Crippen LogP contribution is -2.58. The van der Waals surface area contributed by atoms with Crippen LogP contribution >= 0.6 is 0 Å². The van der Waals surface area contributed by atoms with Crippen molar-refractivity contribution >= 4 is 23.7 Å². The Labute approximate surface area is 189 Å². The third-order valence-electron chi connectivity index (χ3n) is 4.90. The number of hydrogen-bond donors (Lipinski definition) is 5. The van der Waals surface area contributed by atoms with Crippen LogP contribution in [0.5, 0.6) is 0 Å². The molecular formula is C23H36N4O5. The maximum atomic E-state index is 13.1. The first-order valence-corrected chi connectivity index (χ1v) is 10.9. The number of rotatable bonds is 12. The highest BCUT2D eigenvalue weighted by atomic mass is 16.4. The third-order valence-corrected chi connectivity index (χ3v) is 4.90. The number of carboxylic acids is 1. The predicted octanol–water partition coefficient (Wildman–Crippen LogP) is 0.817. The normalized spacial score (nSPS) is 14.9. The van der Waals surface area contributed by atoms with Gasteiger partial charge in [0.05, 0.1) is 6.04 Å². The molecule has 1 aromatic rings. The third kappa shape index (κ3) is 9.05. The topological polar surface area (TPSA) is 151 Å². The van der Waals surface area contributed by atoms with Gasteiger partial charge in [0, 0.05) is 6.42 Å². The molecule has 9 heteroatoms. The molecule has 0 fully saturated rings. The van der Waals surface area contributed by atoms with Crippen molar-refractivity contribution in [2.75, 3.05) is 0 Å². The summed E-state index contributed by atoms with van der Waals surface area (Å²) in [5.41, 5.74) is 6.47. The van der Waals surface area contributed by atoms with Crippen molar-refractivity contribution in [3.05, 3.63) is 35.9 Å². The lowest BCUT2D eigenvalue weighted by Gasteiger charge is -2.26. The van der Waals surface area contributed by atoms with Crippen LogP contribution in [-0.4, -0.2) is 53.0 Å². The lowest BCUT2D eigenvalue weighted by atomic mass is 9.99. The van der Waals surface area contributed by atoms with Crippen molar-refractivity contribution in [1.29, 1.82) is 0 Å². The SMILES string of the molecule is CC(C)CC(NC(=O)C(Cc1ccccc1)NC(=O)C(C)N)C(=O)NC(C(=O)O)C(C)C. The van der Waals surface area contributed by atoms with Gasteiger partial charge in [-0.3, -0.25) is 14.4 Å². The van der Waals surface area contributed by atoms with Crippen LogP contribution in [0.15, 0.2) is 30.3 Å². The number of carboxylic acid groups (broad SMARTS) is 1. The van der Waals surface area contributed by atoms with Gasteiger partial charge in [0.15, 0.2) is 0 Å². The van der Waals surface area contributed by atoms with E-state index in [0.717, 1.165) is 5.56 Å². The summed E-state index contributed by atoms with van der Waals surface area (Å²) in [7, 11) is 0. The number of nitrogens with two attached hydrogens (primary N) is 1. The average molecular weight is 449 g/mol. The first-order valence-electron chi connectivity index (χ1n) is 10.9. The number of hydrogen-bond acceptors (Lipinski definition) is 5. The molecule has 0 heterocycles. The van der Waals surface area contributed by atoms with Gasteiger partial charge < -0.3 is 26.8 Å². The summed E-state index contributed by atoms with van der Waals surface area (Å²) in [5.74, 6) is -3.03. The molecule has 32 heavy (non-hydrogen) atoms. The molecule has 0 spiro atoms. The van der Waals surface area contributed by atoms with E-state index in [1.807, 2.05) is 44.2 Å². The van der Waals surface area contributed by atoms with Gasteiger partial charge in [0.2, 0.25) is 17.7 Å². The highest BCUT2D eigenvalue weighted by Gasteiger charge is 2.31. The monoisotopic (exact) mass is 448 g/mol. The van der Waals surface area contributed by atoms with Crippen molar-refractivity contribution in [2.24, 2.45) is 17.6 Å². The molecule has 1 rings (SSSR count). The fourth-order valence-electron chi connectivity index (χ4n) is 3.10. The van der Waals surface area contributed by atoms with E-state index in [0.29, 0.717) is 6.42 Å². The molecule has 0 saturated carbocycles. The summed E-state index contributed by atoms with van der Waals surface area (Å²) < 4.78 is 0. The molecular weight excluding hydrogens is 412 g/mol. The number of carbonyl (C=O) groups is 4. The van der Waals surface area contributed by atoms with Gasteiger partial charge in [0.1, 0.15) is 18.1 Å². The molecule has 178 valence electrons. The number of benzene rings is 1. The number of nitrogens with one attached hydrogen (secondary N) is 3. The standard InChI is InChI=1S/C23H36N4O5/c1-13(2)11-17(22(30)27-19(14(3)4)23(31)32)26-21(29)18(25-20(28)15(5)24)12-16-9-7-6-8-10-16/h6-10,13-15,17-19H,11-12,24H2,1-5H3,(H,25,28)(H,26,29)(H,27,30)(H,31,32). The lowest BCUT2D eigenvalue weighted by molar-refractivity contribution is -0.143. The fourth-order valence-corrected chi connectivity index (χ4v) is 3.10. The van der Waals surface area contributed by atoms with Gasteiger partial charge in [-0.05, 0) is 30.7 Å². The highest BCUT2D eigenvalue weighted by Crippen LogP contribution is 2.10. The molecule has 0 aromatic heterocycles. The molecule has 9 nitrogen and oxygen atoms in total. The quantitative estimate of drug-likeness (QED) is 0.319. The van der Waals surface area contributed by atoms with Gasteiger partial charge in [-0.15, -0.1) is 0 Å². The highest BCUT2D eigenvalue weighted by molar-refractivity contribution is 5.94. The number of aliphatic carboxylic acids is 1. The first kappa shape index (κ1) is 27.1. The molecule has 0 saturated heterocycles. The molecule has 4 atom stereocenters. The average Bonchev–Trinajstić information content (AvgIpc) is 2.70. The summed E-state index contributed by atoms with van der Waals surface area (Å²) in [5, 5.41) is 17.2. The van der Waals surface area contributed by atoms with E-state index in [4.69, 9.17) is 5.73 Å². The van der Waals surface area contributed by atoms with Crippen molar-refractivity contribution < 1.29 is 24.3 Å².